The Morgan fingerprint density at radius 2 is 1.41 bits per heavy atom. The van der Waals surface area contributed by atoms with Gasteiger partial charge in [-0.1, -0.05) is 113 Å². The van der Waals surface area contributed by atoms with E-state index in [2.05, 4.69) is 9.39 Å². The maximum atomic E-state index is 13.7. The van der Waals surface area contributed by atoms with Crippen molar-refractivity contribution in [3.63, 3.8) is 0 Å². The van der Waals surface area contributed by atoms with Gasteiger partial charge in [-0.25, -0.2) is 4.99 Å². The number of sulfonamides is 1. The summed E-state index contributed by atoms with van der Waals surface area (Å²) in [5.41, 5.74) is 0.236. The third-order valence-electron chi connectivity index (χ3n) is 6.22. The fourth-order valence-corrected chi connectivity index (χ4v) is 6.07. The average molecular weight is 582 g/mol. The van der Waals surface area contributed by atoms with Gasteiger partial charge >= 0.3 is 0 Å². The van der Waals surface area contributed by atoms with Gasteiger partial charge in [-0.2, -0.15) is 8.42 Å². The molecule has 1 atom stereocenters. The van der Waals surface area contributed by atoms with E-state index in [1.165, 1.54) is 18.2 Å². The number of carbonyl (C=O) groups is 1. The molecule has 2 aromatic carbocycles. The van der Waals surface area contributed by atoms with Gasteiger partial charge in [0.2, 0.25) is 0 Å². The lowest BCUT2D eigenvalue weighted by Crippen LogP contribution is -2.63. The molecular formula is C28H31Cl3N2O3S. The lowest BCUT2D eigenvalue weighted by atomic mass is 9.65. The zero-order valence-electron chi connectivity index (χ0n) is 21.9. The van der Waals surface area contributed by atoms with Gasteiger partial charge in [0.1, 0.15) is 0 Å². The first-order chi connectivity index (χ1) is 16.8. The zero-order valence-corrected chi connectivity index (χ0v) is 25.0. The highest BCUT2D eigenvalue weighted by molar-refractivity contribution is 7.90. The highest BCUT2D eigenvalue weighted by Gasteiger charge is 2.66. The first kappa shape index (κ1) is 29.6. The number of rotatable bonds is 3. The van der Waals surface area contributed by atoms with Crippen LogP contribution in [0.1, 0.15) is 52.7 Å². The molecule has 1 unspecified atom stereocenters. The topological polar surface area (TPSA) is 75.9 Å². The van der Waals surface area contributed by atoms with Crippen LogP contribution in [0.3, 0.4) is 0 Å². The summed E-state index contributed by atoms with van der Waals surface area (Å²) in [5.74, 6) is -0.530. The number of hydrogen-bond donors (Lipinski definition) is 0. The van der Waals surface area contributed by atoms with Crippen LogP contribution in [0.25, 0.3) is 0 Å². The Hall–Kier alpha value is -1.99. The number of halogens is 3. The summed E-state index contributed by atoms with van der Waals surface area (Å²) in [4.78, 5) is 16.6. The Labute approximate surface area is 234 Å². The lowest BCUT2D eigenvalue weighted by molar-refractivity contribution is -0.121. The molecule has 0 aromatic heterocycles. The molecule has 5 nitrogen and oxygen atoms in total. The first-order valence-electron chi connectivity index (χ1n) is 11.7. The van der Waals surface area contributed by atoms with E-state index in [-0.39, 0.29) is 16.4 Å². The second-order valence-electron chi connectivity index (χ2n) is 11.2. The zero-order chi connectivity index (χ0) is 28.0. The smallest absolute Gasteiger partial charge is 0.284 e. The van der Waals surface area contributed by atoms with Crippen LogP contribution in [0, 0.1) is 17.8 Å². The van der Waals surface area contributed by atoms with Crippen molar-refractivity contribution in [2.24, 2.45) is 20.2 Å². The van der Waals surface area contributed by atoms with Crippen molar-refractivity contribution in [3.8, 4) is 0 Å². The average Bonchev–Trinajstić information content (AvgIpc) is 2.78. The molecule has 0 heterocycles. The van der Waals surface area contributed by atoms with Crippen LogP contribution in [0.2, 0.25) is 0 Å². The molecule has 1 aliphatic carbocycles. The summed E-state index contributed by atoms with van der Waals surface area (Å²) in [5, 5.41) is 0. The second kappa shape index (κ2) is 9.96. The van der Waals surface area contributed by atoms with E-state index in [1.54, 1.807) is 63.2 Å². The van der Waals surface area contributed by atoms with E-state index >= 15 is 0 Å². The van der Waals surface area contributed by atoms with Crippen LogP contribution >= 0.6 is 34.8 Å². The highest BCUT2D eigenvalue weighted by atomic mass is 35.5. The van der Waals surface area contributed by atoms with E-state index in [4.69, 9.17) is 34.8 Å². The van der Waals surface area contributed by atoms with Crippen LogP contribution in [0.15, 0.2) is 80.5 Å². The monoisotopic (exact) mass is 580 g/mol. The molecule has 0 N–H and O–H groups in total. The molecule has 0 saturated carbocycles. The van der Waals surface area contributed by atoms with Crippen LogP contribution < -0.4 is 0 Å². The molecule has 0 fully saturated rings. The summed E-state index contributed by atoms with van der Waals surface area (Å²) in [6.07, 6.45) is 1.51. The normalized spacial score (nSPS) is 22.2. The molecule has 37 heavy (non-hydrogen) atoms. The van der Waals surface area contributed by atoms with Gasteiger partial charge in [-0.05, 0) is 36.0 Å². The Balaban J connectivity index is 2.37. The largest absolute Gasteiger partial charge is 0.292 e. The molecule has 2 aromatic rings. The minimum absolute atomic E-state index is 0.0147. The van der Waals surface area contributed by atoms with Gasteiger partial charge in [-0.15, -0.1) is 16.0 Å². The van der Waals surface area contributed by atoms with Gasteiger partial charge in [0.05, 0.1) is 10.6 Å². The molecular weight excluding hydrogens is 551 g/mol. The van der Waals surface area contributed by atoms with Gasteiger partial charge < -0.3 is 0 Å². The number of benzene rings is 2. The minimum atomic E-state index is -4.15. The fraction of sp³-hybridized carbons (Fsp3) is 0.393. The van der Waals surface area contributed by atoms with E-state index < -0.39 is 35.8 Å². The quantitative estimate of drug-likeness (QED) is 0.216. The maximum Gasteiger partial charge on any atom is 0.284 e. The highest BCUT2D eigenvalue weighted by Crippen LogP contribution is 2.56. The molecule has 0 radical (unpaired) electrons. The standard InChI is InChI=1S/C28H31Cl3N2O3S/c1-18-13-15-20(16-14-18)37(35,36)33-24(19-11-9-8-10-12-19)32-22-17-21(25(2,3)4)23(34)27(29,26(5,6)7)28(22,30)31/h8-17H,1-7H3. The van der Waals surface area contributed by atoms with Gasteiger partial charge in [0.15, 0.2) is 20.8 Å². The van der Waals surface area contributed by atoms with Crippen molar-refractivity contribution in [2.45, 2.75) is 62.6 Å². The van der Waals surface area contributed by atoms with Gasteiger partial charge in [0.25, 0.3) is 10.0 Å². The number of alkyl halides is 3. The molecule has 198 valence electrons. The molecule has 0 amide bonds. The van der Waals surface area contributed by atoms with Crippen molar-refractivity contribution < 1.29 is 13.2 Å². The van der Waals surface area contributed by atoms with E-state index in [9.17, 15) is 13.2 Å². The molecule has 0 spiro atoms. The molecule has 9 heteroatoms. The number of aryl methyl sites for hydroxylation is 1. The van der Waals surface area contributed by atoms with Crippen LogP contribution in [0.5, 0.6) is 0 Å². The number of ketones is 1. The number of amidine groups is 1. The molecule has 1 aliphatic rings. The summed E-state index contributed by atoms with van der Waals surface area (Å²) >= 11 is 20.9. The number of Topliss-reactive ketones (excluding diaryl/α,β-unsaturated/α-hetero) is 1. The third kappa shape index (κ3) is 5.58. The van der Waals surface area contributed by atoms with Crippen LogP contribution in [0.4, 0.5) is 0 Å². The number of allylic oxidation sites excluding steroid dienone is 2. The van der Waals surface area contributed by atoms with E-state index in [0.29, 0.717) is 11.1 Å². The van der Waals surface area contributed by atoms with Crippen molar-refractivity contribution in [2.75, 3.05) is 0 Å². The summed E-state index contributed by atoms with van der Waals surface area (Å²) in [6, 6.07) is 15.0. The Morgan fingerprint density at radius 1 is 0.865 bits per heavy atom. The van der Waals surface area contributed by atoms with Crippen LogP contribution in [-0.4, -0.2) is 35.0 Å². The van der Waals surface area contributed by atoms with Crippen LogP contribution in [-0.2, 0) is 14.8 Å². The van der Waals surface area contributed by atoms with E-state index in [0.717, 1.165) is 5.56 Å². The second-order valence-corrected chi connectivity index (χ2v) is 14.7. The number of hydrogen-bond acceptors (Lipinski definition) is 3. The predicted molar refractivity (Wildman–Crippen MR) is 154 cm³/mol. The molecule has 3 rings (SSSR count). The number of aliphatic imine (C=N–C) groups is 1. The Morgan fingerprint density at radius 3 is 1.89 bits per heavy atom. The Kier molecular flexibility index (Phi) is 7.96. The number of nitrogens with zero attached hydrogens (tertiary/aromatic N) is 2. The van der Waals surface area contributed by atoms with Gasteiger partial charge in [0, 0.05) is 11.1 Å². The molecule has 0 saturated heterocycles. The summed E-state index contributed by atoms with van der Waals surface area (Å²) in [7, 11) is -4.15. The number of carbonyl (C=O) groups excluding carboxylic acids is 1. The SMILES string of the molecule is Cc1ccc(S(=O)(=O)N=C(N=C2C=C(C(C)(C)C)C(=O)C(Cl)(C(C)(C)C)C2(Cl)Cl)c2ccccc2)cc1. The summed E-state index contributed by atoms with van der Waals surface area (Å²) in [6.45, 7) is 12.8. The van der Waals surface area contributed by atoms with Gasteiger partial charge in [-0.3, -0.25) is 4.79 Å². The lowest BCUT2D eigenvalue weighted by Gasteiger charge is -2.49. The Bertz CT molecular complexity index is 1400. The molecule has 0 bridgehead atoms. The predicted octanol–water partition coefficient (Wildman–Crippen LogP) is 7.32. The summed E-state index contributed by atoms with van der Waals surface area (Å²) < 4.78 is 28.6. The maximum absolute atomic E-state index is 13.7. The van der Waals surface area contributed by atoms with Crippen molar-refractivity contribution in [1.29, 1.82) is 0 Å². The minimum Gasteiger partial charge on any atom is -0.292 e. The molecule has 0 aliphatic heterocycles. The fourth-order valence-electron chi connectivity index (χ4n) is 3.98. The van der Waals surface area contributed by atoms with Crippen molar-refractivity contribution >= 4 is 62.2 Å². The van der Waals surface area contributed by atoms with Crippen molar-refractivity contribution in [1.82, 2.24) is 0 Å². The third-order valence-corrected chi connectivity index (χ3v) is 9.67. The van der Waals surface area contributed by atoms with E-state index in [1.807, 2.05) is 27.7 Å². The first-order valence-corrected chi connectivity index (χ1v) is 14.3. The van der Waals surface area contributed by atoms with Crippen molar-refractivity contribution in [3.05, 3.63) is 77.4 Å².